The Kier molecular flexibility index (Phi) is 8.68. The summed E-state index contributed by atoms with van der Waals surface area (Å²) in [6.45, 7) is -5.16. The third-order valence-corrected chi connectivity index (χ3v) is 3.84. The van der Waals surface area contributed by atoms with Crippen LogP contribution in [0.15, 0.2) is 48.5 Å². The maximum atomic E-state index is 12.4. The molecule has 0 saturated carbocycles. The minimum Gasteiger partial charge on any atom is -0.435 e. The summed E-state index contributed by atoms with van der Waals surface area (Å²) < 4.78 is 58.4. The van der Waals surface area contributed by atoms with Gasteiger partial charge in [-0.3, -0.25) is 14.9 Å². The Labute approximate surface area is 164 Å². The van der Waals surface area contributed by atoms with Crippen molar-refractivity contribution in [2.45, 2.75) is 32.7 Å². The van der Waals surface area contributed by atoms with Crippen LogP contribution in [0.2, 0.25) is 0 Å². The van der Waals surface area contributed by atoms with Crippen molar-refractivity contribution in [3.8, 4) is 11.5 Å². The normalized spacial score (nSPS) is 11.2. The molecule has 0 atom stereocenters. The number of hydroxylamine groups is 1. The molecule has 0 heterocycles. The van der Waals surface area contributed by atoms with E-state index in [9.17, 15) is 22.4 Å². The number of ether oxygens (including phenoxy) is 2. The fourth-order valence-corrected chi connectivity index (χ4v) is 2.69. The summed E-state index contributed by atoms with van der Waals surface area (Å²) >= 11 is 0. The van der Waals surface area contributed by atoms with Gasteiger partial charge in [0.05, 0.1) is 0 Å². The van der Waals surface area contributed by atoms with Crippen molar-refractivity contribution in [1.29, 1.82) is 0 Å². The lowest BCUT2D eigenvalue weighted by molar-refractivity contribution is -0.129. The fraction of sp³-hybridized carbons (Fsp3) is 0.316. The molecule has 2 aromatic carbocycles. The number of carbonyl (C=O) groups excluding carboxylic acids is 1. The van der Waals surface area contributed by atoms with Crippen LogP contribution in [-0.2, 0) is 17.9 Å². The Morgan fingerprint density at radius 3 is 1.83 bits per heavy atom. The molecule has 158 valence electrons. The van der Waals surface area contributed by atoms with Gasteiger partial charge >= 0.3 is 13.2 Å². The number of benzene rings is 2. The first-order chi connectivity index (χ1) is 13.9. The Morgan fingerprint density at radius 2 is 1.41 bits per heavy atom. The van der Waals surface area contributed by atoms with Crippen molar-refractivity contribution >= 4 is 5.91 Å². The van der Waals surface area contributed by atoms with Gasteiger partial charge in [-0.15, -0.1) is 0 Å². The minimum absolute atomic E-state index is 0.00196. The van der Waals surface area contributed by atoms with Crippen molar-refractivity contribution < 1.29 is 37.0 Å². The second kappa shape index (κ2) is 11.2. The third-order valence-electron chi connectivity index (χ3n) is 3.84. The maximum absolute atomic E-state index is 12.4. The Morgan fingerprint density at radius 1 is 0.931 bits per heavy atom. The first kappa shape index (κ1) is 22.4. The van der Waals surface area contributed by atoms with E-state index in [0.29, 0.717) is 11.1 Å². The highest BCUT2D eigenvalue weighted by Crippen LogP contribution is 2.20. The molecule has 0 aliphatic rings. The molecule has 2 aromatic rings. The number of hydrogen-bond donors (Lipinski definition) is 2. The Balaban J connectivity index is 2.13. The van der Waals surface area contributed by atoms with Crippen molar-refractivity contribution in [2.24, 2.45) is 0 Å². The fourth-order valence-electron chi connectivity index (χ4n) is 2.69. The lowest BCUT2D eigenvalue weighted by Gasteiger charge is -2.23. The van der Waals surface area contributed by atoms with Crippen LogP contribution in [0.25, 0.3) is 0 Å². The number of nitrogens with one attached hydrogen (secondary N) is 1. The van der Waals surface area contributed by atoms with Gasteiger partial charge in [-0.2, -0.15) is 17.6 Å². The molecule has 2 rings (SSSR count). The molecule has 29 heavy (non-hydrogen) atoms. The molecule has 0 spiro atoms. The Bertz CT molecular complexity index is 737. The minimum atomic E-state index is -2.95. The molecular formula is C19H20F4N2O4. The molecule has 0 fully saturated rings. The third kappa shape index (κ3) is 8.36. The lowest BCUT2D eigenvalue weighted by Crippen LogP contribution is -2.29. The zero-order chi connectivity index (χ0) is 21.2. The van der Waals surface area contributed by atoms with E-state index in [1.54, 1.807) is 29.2 Å². The highest BCUT2D eigenvalue weighted by atomic mass is 19.3. The second-order valence-electron chi connectivity index (χ2n) is 6.05. The van der Waals surface area contributed by atoms with E-state index in [4.69, 9.17) is 5.21 Å². The number of alkyl halides is 4. The van der Waals surface area contributed by atoms with Crippen LogP contribution in [-0.4, -0.2) is 35.8 Å². The molecule has 2 N–H and O–H groups in total. The van der Waals surface area contributed by atoms with Crippen molar-refractivity contribution in [1.82, 2.24) is 10.4 Å². The number of halogens is 4. The SMILES string of the molecule is O=C(CCN(Cc1cccc(OC(F)F)c1)Cc1cccc(OC(F)F)c1)NO. The predicted molar refractivity (Wildman–Crippen MR) is 94.8 cm³/mol. The van der Waals surface area contributed by atoms with Crippen LogP contribution in [0, 0.1) is 0 Å². The number of hydrogen-bond acceptors (Lipinski definition) is 5. The van der Waals surface area contributed by atoms with Gasteiger partial charge in [0.1, 0.15) is 11.5 Å². The van der Waals surface area contributed by atoms with Gasteiger partial charge in [0, 0.05) is 26.1 Å². The molecule has 0 saturated heterocycles. The number of rotatable bonds is 11. The number of amides is 1. The highest BCUT2D eigenvalue weighted by molar-refractivity contribution is 5.74. The van der Waals surface area contributed by atoms with Gasteiger partial charge < -0.3 is 9.47 Å². The molecule has 0 aliphatic heterocycles. The van der Waals surface area contributed by atoms with Crippen LogP contribution in [0.5, 0.6) is 11.5 Å². The van der Waals surface area contributed by atoms with Gasteiger partial charge in [-0.25, -0.2) is 5.48 Å². The summed E-state index contributed by atoms with van der Waals surface area (Å²) in [5.74, 6) is -0.602. The smallest absolute Gasteiger partial charge is 0.387 e. The van der Waals surface area contributed by atoms with Crippen LogP contribution in [0.4, 0.5) is 17.6 Å². The topological polar surface area (TPSA) is 71.0 Å². The molecule has 0 radical (unpaired) electrons. The van der Waals surface area contributed by atoms with Crippen LogP contribution in [0.1, 0.15) is 17.5 Å². The van der Waals surface area contributed by atoms with Gasteiger partial charge in [0.15, 0.2) is 0 Å². The van der Waals surface area contributed by atoms with Gasteiger partial charge in [0.25, 0.3) is 0 Å². The summed E-state index contributed by atoms with van der Waals surface area (Å²) in [6.07, 6.45) is -0.0308. The van der Waals surface area contributed by atoms with Gasteiger partial charge in [-0.1, -0.05) is 24.3 Å². The average molecular weight is 416 g/mol. The van der Waals surface area contributed by atoms with Gasteiger partial charge in [-0.05, 0) is 35.4 Å². The quantitative estimate of drug-likeness (QED) is 0.331. The summed E-state index contributed by atoms with van der Waals surface area (Å²) in [4.78, 5) is 13.2. The molecule has 1 amide bonds. The van der Waals surface area contributed by atoms with Crippen molar-refractivity contribution in [3.05, 3.63) is 59.7 Å². The van der Waals surface area contributed by atoms with E-state index in [2.05, 4.69) is 9.47 Å². The summed E-state index contributed by atoms with van der Waals surface area (Å²) in [5, 5.41) is 8.67. The summed E-state index contributed by atoms with van der Waals surface area (Å²) in [5.41, 5.74) is 2.83. The summed E-state index contributed by atoms with van der Waals surface area (Å²) in [7, 11) is 0. The average Bonchev–Trinajstić information content (AvgIpc) is 2.65. The van der Waals surface area contributed by atoms with E-state index < -0.39 is 19.1 Å². The van der Waals surface area contributed by atoms with E-state index >= 15 is 0 Å². The van der Waals surface area contributed by atoms with E-state index in [1.807, 2.05) is 0 Å². The van der Waals surface area contributed by atoms with E-state index in [1.165, 1.54) is 29.7 Å². The van der Waals surface area contributed by atoms with Crippen LogP contribution in [0.3, 0.4) is 0 Å². The monoisotopic (exact) mass is 416 g/mol. The van der Waals surface area contributed by atoms with Crippen molar-refractivity contribution in [3.63, 3.8) is 0 Å². The van der Waals surface area contributed by atoms with Crippen LogP contribution >= 0.6 is 0 Å². The maximum Gasteiger partial charge on any atom is 0.387 e. The summed E-state index contributed by atoms with van der Waals surface area (Å²) in [6, 6.07) is 12.2. The molecule has 0 aliphatic carbocycles. The first-order valence-electron chi connectivity index (χ1n) is 8.58. The molecule has 0 bridgehead atoms. The second-order valence-corrected chi connectivity index (χ2v) is 6.05. The lowest BCUT2D eigenvalue weighted by atomic mass is 10.1. The van der Waals surface area contributed by atoms with E-state index in [0.717, 1.165) is 0 Å². The molecule has 10 heteroatoms. The van der Waals surface area contributed by atoms with E-state index in [-0.39, 0.29) is 37.6 Å². The Hall–Kier alpha value is -2.85. The first-order valence-corrected chi connectivity index (χ1v) is 8.58. The predicted octanol–water partition coefficient (Wildman–Crippen LogP) is 3.79. The zero-order valence-corrected chi connectivity index (χ0v) is 15.2. The zero-order valence-electron chi connectivity index (χ0n) is 15.2. The van der Waals surface area contributed by atoms with Crippen molar-refractivity contribution in [2.75, 3.05) is 6.54 Å². The number of carbonyl (C=O) groups is 1. The standard InChI is InChI=1S/C19H20F4N2O4/c20-18(21)28-15-5-1-3-13(9-15)11-25(8-7-17(26)24-27)12-14-4-2-6-16(10-14)29-19(22)23/h1-6,9-10,18-19,27H,7-8,11-12H2,(H,24,26). The molecule has 0 aromatic heterocycles. The molecular weight excluding hydrogens is 396 g/mol. The van der Waals surface area contributed by atoms with Crippen LogP contribution < -0.4 is 15.0 Å². The molecule has 6 nitrogen and oxygen atoms in total. The largest absolute Gasteiger partial charge is 0.435 e. The highest BCUT2D eigenvalue weighted by Gasteiger charge is 2.13. The number of nitrogens with zero attached hydrogens (tertiary/aromatic N) is 1. The van der Waals surface area contributed by atoms with Gasteiger partial charge in [0.2, 0.25) is 5.91 Å². The molecule has 0 unspecified atom stereocenters.